The number of rotatable bonds is 6. The van der Waals surface area contributed by atoms with Crippen LogP contribution in [0.3, 0.4) is 0 Å². The number of hydrogen-bond donors (Lipinski definition) is 1. The molecule has 4 rings (SSSR count). The molecule has 0 radical (unpaired) electrons. The molecule has 2 N–H and O–H groups in total. The van der Waals surface area contributed by atoms with Crippen LogP contribution in [0.15, 0.2) is 18.6 Å². The van der Waals surface area contributed by atoms with Gasteiger partial charge in [0.2, 0.25) is 5.91 Å². The van der Waals surface area contributed by atoms with Crippen molar-refractivity contribution in [2.45, 2.75) is 64.6 Å². The largest absolute Gasteiger partial charge is 0.391 e. The van der Waals surface area contributed by atoms with Gasteiger partial charge >= 0.3 is 6.18 Å². The SMILES string of the molecule is CCN(C)c1ncnc2c1ccn2CC1CCN(CC(N)=O)CC1.FC(F)(F)C1CCCCC1. The van der Waals surface area contributed by atoms with Gasteiger partial charge in [-0.1, -0.05) is 19.3 Å². The Morgan fingerprint density at radius 2 is 1.82 bits per heavy atom. The quantitative estimate of drug-likeness (QED) is 0.667. The standard InChI is InChI=1S/C17H26N6O.C7H11F3/c1-3-21(2)16-14-6-9-23(17(14)20-12-19-16)10-13-4-7-22(8-5-13)11-15(18)24;8-7(9,10)6-4-2-1-3-5-6/h6,9,12-13H,3-5,7-8,10-11H2,1-2H3,(H2,18,24);6H,1-5H2. The fourth-order valence-electron chi connectivity index (χ4n) is 4.85. The van der Waals surface area contributed by atoms with Crippen LogP contribution in [-0.2, 0) is 11.3 Å². The number of primary amides is 1. The minimum Gasteiger partial charge on any atom is -0.369 e. The molecule has 2 aromatic rings. The van der Waals surface area contributed by atoms with Gasteiger partial charge in [-0.05, 0) is 57.7 Å². The van der Waals surface area contributed by atoms with E-state index in [-0.39, 0.29) is 5.91 Å². The van der Waals surface area contributed by atoms with E-state index in [4.69, 9.17) is 5.73 Å². The van der Waals surface area contributed by atoms with E-state index in [1.165, 1.54) is 0 Å². The Kier molecular flexibility index (Phi) is 9.16. The molecule has 0 spiro atoms. The number of piperidine rings is 1. The van der Waals surface area contributed by atoms with Crippen molar-refractivity contribution >= 4 is 22.8 Å². The Labute approximate surface area is 199 Å². The predicted molar refractivity (Wildman–Crippen MR) is 127 cm³/mol. The van der Waals surface area contributed by atoms with Crippen molar-refractivity contribution in [2.75, 3.05) is 38.1 Å². The van der Waals surface area contributed by atoms with E-state index in [9.17, 15) is 18.0 Å². The second kappa shape index (κ2) is 11.9. The lowest BCUT2D eigenvalue weighted by molar-refractivity contribution is -0.181. The van der Waals surface area contributed by atoms with E-state index < -0.39 is 12.1 Å². The van der Waals surface area contributed by atoms with Gasteiger partial charge in [0.1, 0.15) is 17.8 Å². The summed E-state index contributed by atoms with van der Waals surface area (Å²) in [5.41, 5.74) is 6.28. The zero-order valence-corrected chi connectivity index (χ0v) is 20.2. The molecule has 34 heavy (non-hydrogen) atoms. The number of nitrogens with two attached hydrogens (primary N) is 1. The van der Waals surface area contributed by atoms with E-state index in [1.807, 2.05) is 7.05 Å². The fraction of sp³-hybridized carbons (Fsp3) is 0.708. The second-order valence-corrected chi connectivity index (χ2v) is 9.48. The number of alkyl halides is 3. The number of likely N-dealkylation sites (tertiary alicyclic amines) is 1. The number of carbonyl (C=O) groups is 1. The minimum absolute atomic E-state index is 0.242. The highest BCUT2D eigenvalue weighted by Gasteiger charge is 2.39. The van der Waals surface area contributed by atoms with Crippen LogP contribution in [0.2, 0.25) is 0 Å². The molecule has 0 aromatic carbocycles. The first-order valence-electron chi connectivity index (χ1n) is 12.3. The van der Waals surface area contributed by atoms with E-state index in [2.05, 4.69) is 43.5 Å². The van der Waals surface area contributed by atoms with E-state index in [1.54, 1.807) is 6.33 Å². The summed E-state index contributed by atoms with van der Waals surface area (Å²) in [6.45, 7) is 6.23. The summed E-state index contributed by atoms with van der Waals surface area (Å²) in [5, 5.41) is 1.10. The van der Waals surface area contributed by atoms with Gasteiger partial charge in [-0.2, -0.15) is 13.2 Å². The Morgan fingerprint density at radius 3 is 2.38 bits per heavy atom. The van der Waals surface area contributed by atoms with E-state index in [0.717, 1.165) is 75.1 Å². The molecule has 1 aliphatic carbocycles. The van der Waals surface area contributed by atoms with Gasteiger partial charge in [0, 0.05) is 26.3 Å². The molecule has 0 atom stereocenters. The average Bonchev–Trinajstić information content (AvgIpc) is 3.23. The van der Waals surface area contributed by atoms with Crippen molar-refractivity contribution in [3.63, 3.8) is 0 Å². The number of carbonyl (C=O) groups excluding carboxylic acids is 1. The lowest BCUT2D eigenvalue weighted by Gasteiger charge is -2.31. The summed E-state index contributed by atoms with van der Waals surface area (Å²) in [7, 11) is 2.05. The lowest BCUT2D eigenvalue weighted by Crippen LogP contribution is -2.40. The number of hydrogen-bond acceptors (Lipinski definition) is 5. The van der Waals surface area contributed by atoms with Crippen LogP contribution in [0.4, 0.5) is 19.0 Å². The van der Waals surface area contributed by atoms with Crippen LogP contribution in [0, 0.1) is 11.8 Å². The number of aromatic nitrogens is 3. The summed E-state index contributed by atoms with van der Waals surface area (Å²) in [6.07, 6.45) is 5.19. The van der Waals surface area contributed by atoms with Crippen molar-refractivity contribution in [2.24, 2.45) is 17.6 Å². The maximum Gasteiger partial charge on any atom is 0.391 e. The summed E-state index contributed by atoms with van der Waals surface area (Å²) in [5.74, 6) is 0.347. The highest BCUT2D eigenvalue weighted by atomic mass is 19.4. The third-order valence-corrected chi connectivity index (χ3v) is 6.98. The molecular weight excluding hydrogens is 445 g/mol. The molecule has 2 aromatic heterocycles. The third-order valence-electron chi connectivity index (χ3n) is 6.98. The maximum absolute atomic E-state index is 11.9. The van der Waals surface area contributed by atoms with Crippen molar-refractivity contribution in [1.82, 2.24) is 19.4 Å². The molecule has 3 heterocycles. The van der Waals surface area contributed by atoms with Crippen LogP contribution in [0.5, 0.6) is 0 Å². The zero-order chi connectivity index (χ0) is 24.7. The van der Waals surface area contributed by atoms with E-state index in [0.29, 0.717) is 25.3 Å². The molecule has 10 heteroatoms. The molecule has 190 valence electrons. The molecule has 0 unspecified atom stereocenters. The van der Waals surface area contributed by atoms with Crippen LogP contribution in [0.1, 0.15) is 51.9 Å². The van der Waals surface area contributed by atoms with Gasteiger partial charge in [0.05, 0.1) is 17.8 Å². The second-order valence-electron chi connectivity index (χ2n) is 9.48. The van der Waals surface area contributed by atoms with E-state index >= 15 is 0 Å². The predicted octanol–water partition coefficient (Wildman–Crippen LogP) is 4.21. The Morgan fingerprint density at radius 1 is 1.15 bits per heavy atom. The van der Waals surface area contributed by atoms with Crippen LogP contribution < -0.4 is 10.6 Å². The normalized spacial score (nSPS) is 18.5. The van der Waals surface area contributed by atoms with Crippen molar-refractivity contribution < 1.29 is 18.0 Å². The number of halogens is 3. The average molecular weight is 483 g/mol. The Balaban J connectivity index is 0.000000271. The minimum atomic E-state index is -3.93. The molecule has 1 amide bonds. The molecule has 1 aliphatic heterocycles. The number of fused-ring (bicyclic) bond motifs is 1. The van der Waals surface area contributed by atoms with Crippen LogP contribution in [-0.4, -0.2) is 64.7 Å². The highest BCUT2D eigenvalue weighted by molar-refractivity contribution is 5.87. The Hall–Kier alpha value is -2.36. The number of nitrogens with zero attached hydrogens (tertiary/aromatic N) is 5. The first-order valence-corrected chi connectivity index (χ1v) is 12.3. The van der Waals surface area contributed by atoms with Crippen LogP contribution >= 0.6 is 0 Å². The lowest BCUT2D eigenvalue weighted by atomic mass is 9.89. The smallest absolute Gasteiger partial charge is 0.369 e. The highest BCUT2D eigenvalue weighted by Crippen LogP contribution is 2.37. The van der Waals surface area contributed by atoms with Crippen LogP contribution in [0.25, 0.3) is 11.0 Å². The van der Waals surface area contributed by atoms with Gasteiger partial charge in [-0.25, -0.2) is 9.97 Å². The fourth-order valence-corrected chi connectivity index (χ4v) is 4.85. The van der Waals surface area contributed by atoms with Gasteiger partial charge in [-0.15, -0.1) is 0 Å². The summed E-state index contributed by atoms with van der Waals surface area (Å²) in [6, 6.07) is 2.11. The zero-order valence-electron chi connectivity index (χ0n) is 20.2. The molecule has 7 nitrogen and oxygen atoms in total. The first-order chi connectivity index (χ1) is 16.2. The first kappa shape index (κ1) is 26.2. The number of anilines is 1. The topological polar surface area (TPSA) is 80.3 Å². The molecule has 1 saturated heterocycles. The van der Waals surface area contributed by atoms with Crippen molar-refractivity contribution in [1.29, 1.82) is 0 Å². The molecule has 2 aliphatic rings. The monoisotopic (exact) mass is 482 g/mol. The molecular formula is C24H37F3N6O. The number of amides is 1. The van der Waals surface area contributed by atoms with Crippen molar-refractivity contribution in [3.05, 3.63) is 18.6 Å². The van der Waals surface area contributed by atoms with Gasteiger partial charge in [0.15, 0.2) is 0 Å². The molecule has 1 saturated carbocycles. The summed E-state index contributed by atoms with van der Waals surface area (Å²) in [4.78, 5) is 24.2. The Bertz CT molecular complexity index is 917. The van der Waals surface area contributed by atoms with Gasteiger partial charge in [-0.3, -0.25) is 9.69 Å². The van der Waals surface area contributed by atoms with Gasteiger partial charge in [0.25, 0.3) is 0 Å². The third kappa shape index (κ3) is 7.07. The molecule has 2 fully saturated rings. The summed E-state index contributed by atoms with van der Waals surface area (Å²) >= 11 is 0. The summed E-state index contributed by atoms with van der Waals surface area (Å²) < 4.78 is 38.1. The van der Waals surface area contributed by atoms with Gasteiger partial charge < -0.3 is 15.2 Å². The molecule has 0 bridgehead atoms. The maximum atomic E-state index is 11.9. The van der Waals surface area contributed by atoms with Crippen molar-refractivity contribution in [3.8, 4) is 0 Å².